The second-order valence-corrected chi connectivity index (χ2v) is 10.8. The standard InChI is InChI=1S/C35H35N3O3/c39-34(36-23-30-16-9-21-41-30)31-22-29(17-18-32(31)38-20-19-25-10-7-8-15-28(25)24-38)37-35(40)33(26-11-3-1-4-12-26)27-13-5-2-6-14-27/h1-8,10-15,17-18,22,30,33H,9,16,19-21,23-24H2,(H,36,39)(H,37,40). The van der Waals surface area contributed by atoms with Gasteiger partial charge in [0.15, 0.2) is 0 Å². The Balaban J connectivity index is 1.29. The van der Waals surface area contributed by atoms with Crippen LogP contribution in [0.25, 0.3) is 0 Å². The molecule has 2 heterocycles. The third-order valence-corrected chi connectivity index (χ3v) is 8.02. The van der Waals surface area contributed by atoms with Crippen LogP contribution < -0.4 is 15.5 Å². The second kappa shape index (κ2) is 12.4. The van der Waals surface area contributed by atoms with E-state index < -0.39 is 5.92 Å². The Kier molecular flexibility index (Phi) is 8.10. The van der Waals surface area contributed by atoms with Gasteiger partial charge in [0.05, 0.1) is 17.6 Å². The minimum absolute atomic E-state index is 0.0460. The van der Waals surface area contributed by atoms with Crippen LogP contribution in [0.3, 0.4) is 0 Å². The average molecular weight is 546 g/mol. The number of anilines is 2. The van der Waals surface area contributed by atoms with E-state index in [1.807, 2.05) is 78.9 Å². The summed E-state index contributed by atoms with van der Waals surface area (Å²) in [6.45, 7) is 2.77. The minimum atomic E-state index is -0.479. The second-order valence-electron chi connectivity index (χ2n) is 10.8. The number of nitrogens with zero attached hydrogens (tertiary/aromatic N) is 1. The summed E-state index contributed by atoms with van der Waals surface area (Å²) in [5.74, 6) is -0.784. The molecule has 0 radical (unpaired) electrons. The van der Waals surface area contributed by atoms with Gasteiger partial charge >= 0.3 is 0 Å². The van der Waals surface area contributed by atoms with Gasteiger partial charge in [-0.05, 0) is 59.7 Å². The number of ether oxygens (including phenoxy) is 1. The number of rotatable bonds is 8. The maximum atomic E-state index is 13.8. The van der Waals surface area contributed by atoms with E-state index in [-0.39, 0.29) is 17.9 Å². The van der Waals surface area contributed by atoms with E-state index in [1.165, 1.54) is 11.1 Å². The van der Waals surface area contributed by atoms with E-state index in [4.69, 9.17) is 4.74 Å². The number of fused-ring (bicyclic) bond motifs is 1. The van der Waals surface area contributed by atoms with Crippen molar-refractivity contribution in [1.29, 1.82) is 0 Å². The fourth-order valence-electron chi connectivity index (χ4n) is 5.88. The van der Waals surface area contributed by atoms with Gasteiger partial charge in [-0.3, -0.25) is 9.59 Å². The average Bonchev–Trinajstić information content (AvgIpc) is 3.55. The number of nitrogens with one attached hydrogen (secondary N) is 2. The van der Waals surface area contributed by atoms with Gasteiger partial charge in [0, 0.05) is 37.6 Å². The molecule has 4 aromatic carbocycles. The van der Waals surface area contributed by atoms with Crippen LogP contribution in [0, 0.1) is 0 Å². The van der Waals surface area contributed by atoms with E-state index in [2.05, 4.69) is 39.8 Å². The smallest absolute Gasteiger partial charge is 0.253 e. The maximum Gasteiger partial charge on any atom is 0.253 e. The third-order valence-electron chi connectivity index (χ3n) is 8.02. The van der Waals surface area contributed by atoms with Crippen molar-refractivity contribution >= 4 is 23.2 Å². The highest BCUT2D eigenvalue weighted by Crippen LogP contribution is 2.31. The number of hydrogen-bond acceptors (Lipinski definition) is 4. The summed E-state index contributed by atoms with van der Waals surface area (Å²) in [6.07, 6.45) is 2.93. The summed E-state index contributed by atoms with van der Waals surface area (Å²) in [7, 11) is 0. The molecule has 6 rings (SSSR count). The number of benzene rings is 4. The van der Waals surface area contributed by atoms with Crippen molar-refractivity contribution in [3.63, 3.8) is 0 Å². The summed E-state index contributed by atoms with van der Waals surface area (Å²) in [6, 6.07) is 33.7. The molecule has 41 heavy (non-hydrogen) atoms. The van der Waals surface area contributed by atoms with Crippen LogP contribution in [-0.2, 0) is 22.5 Å². The molecule has 0 aromatic heterocycles. The first-order valence-electron chi connectivity index (χ1n) is 14.4. The zero-order valence-corrected chi connectivity index (χ0v) is 23.1. The van der Waals surface area contributed by atoms with Gasteiger partial charge in [0.25, 0.3) is 5.91 Å². The van der Waals surface area contributed by atoms with E-state index in [0.717, 1.165) is 55.8 Å². The number of carbonyl (C=O) groups excluding carboxylic acids is 2. The monoisotopic (exact) mass is 545 g/mol. The zero-order valence-electron chi connectivity index (χ0n) is 23.1. The van der Waals surface area contributed by atoms with Gasteiger partial charge in [-0.15, -0.1) is 0 Å². The molecular weight excluding hydrogens is 510 g/mol. The van der Waals surface area contributed by atoms with E-state index in [0.29, 0.717) is 17.8 Å². The molecule has 0 bridgehead atoms. The van der Waals surface area contributed by atoms with Gasteiger partial charge in [-0.2, -0.15) is 0 Å². The van der Waals surface area contributed by atoms with Crippen LogP contribution >= 0.6 is 0 Å². The summed E-state index contributed by atoms with van der Waals surface area (Å²) in [5, 5.41) is 6.21. The van der Waals surface area contributed by atoms with Gasteiger partial charge in [0.1, 0.15) is 0 Å². The molecule has 208 valence electrons. The molecule has 0 aliphatic carbocycles. The zero-order chi connectivity index (χ0) is 28.0. The summed E-state index contributed by atoms with van der Waals surface area (Å²) in [4.78, 5) is 29.7. The van der Waals surface area contributed by atoms with E-state index >= 15 is 0 Å². The molecular formula is C35H35N3O3. The molecule has 0 spiro atoms. The fraction of sp³-hybridized carbons (Fsp3) is 0.257. The van der Waals surface area contributed by atoms with Crippen LogP contribution in [0.15, 0.2) is 103 Å². The third kappa shape index (κ3) is 6.18. The SMILES string of the molecule is O=C(NCC1CCCO1)c1cc(NC(=O)C(c2ccccc2)c2ccccc2)ccc1N1CCc2ccccc2C1. The molecule has 2 N–H and O–H groups in total. The molecule has 2 aliphatic rings. The molecule has 6 heteroatoms. The Hall–Kier alpha value is -4.42. The van der Waals surface area contributed by atoms with Crippen LogP contribution in [0.5, 0.6) is 0 Å². The Labute approximate surface area is 241 Å². The van der Waals surface area contributed by atoms with Crippen molar-refractivity contribution in [3.8, 4) is 0 Å². The lowest BCUT2D eigenvalue weighted by molar-refractivity contribution is -0.116. The lowest BCUT2D eigenvalue weighted by Gasteiger charge is -2.32. The normalized spacial score (nSPS) is 16.3. The highest BCUT2D eigenvalue weighted by Gasteiger charge is 2.26. The summed E-state index contributed by atoms with van der Waals surface area (Å²) >= 11 is 0. The van der Waals surface area contributed by atoms with Gasteiger partial charge in [-0.1, -0.05) is 84.9 Å². The molecule has 2 amide bonds. The predicted molar refractivity (Wildman–Crippen MR) is 162 cm³/mol. The summed E-state index contributed by atoms with van der Waals surface area (Å²) < 4.78 is 5.73. The van der Waals surface area contributed by atoms with Crippen molar-refractivity contribution in [2.24, 2.45) is 0 Å². The van der Waals surface area contributed by atoms with Gasteiger partial charge in [0.2, 0.25) is 5.91 Å². The quantitative estimate of drug-likeness (QED) is 0.288. The lowest BCUT2D eigenvalue weighted by atomic mass is 9.90. The molecule has 6 nitrogen and oxygen atoms in total. The van der Waals surface area contributed by atoms with E-state index in [1.54, 1.807) is 0 Å². The molecule has 1 atom stereocenters. The molecule has 0 saturated carbocycles. The Morgan fingerprint density at radius 1 is 0.854 bits per heavy atom. The van der Waals surface area contributed by atoms with Gasteiger partial charge in [-0.25, -0.2) is 0 Å². The molecule has 4 aromatic rings. The van der Waals surface area contributed by atoms with Crippen molar-refractivity contribution in [3.05, 3.63) is 131 Å². The van der Waals surface area contributed by atoms with Crippen LogP contribution in [0.2, 0.25) is 0 Å². The first-order valence-corrected chi connectivity index (χ1v) is 14.4. The van der Waals surface area contributed by atoms with Crippen LogP contribution in [0.4, 0.5) is 11.4 Å². The highest BCUT2D eigenvalue weighted by atomic mass is 16.5. The van der Waals surface area contributed by atoms with Crippen LogP contribution in [0.1, 0.15) is 51.4 Å². The number of carbonyl (C=O) groups is 2. The van der Waals surface area contributed by atoms with Gasteiger partial charge < -0.3 is 20.3 Å². The first-order chi connectivity index (χ1) is 20.2. The Morgan fingerprint density at radius 3 is 2.22 bits per heavy atom. The fourth-order valence-corrected chi connectivity index (χ4v) is 5.88. The predicted octanol–water partition coefficient (Wildman–Crippen LogP) is 5.93. The van der Waals surface area contributed by atoms with Crippen molar-refractivity contribution in [2.45, 2.75) is 37.8 Å². The lowest BCUT2D eigenvalue weighted by Crippen LogP contribution is -2.35. The Morgan fingerprint density at radius 2 is 1.54 bits per heavy atom. The van der Waals surface area contributed by atoms with Crippen LogP contribution in [-0.4, -0.2) is 37.6 Å². The first kappa shape index (κ1) is 26.8. The number of amides is 2. The maximum absolute atomic E-state index is 13.8. The molecule has 2 aliphatic heterocycles. The van der Waals surface area contributed by atoms with E-state index in [9.17, 15) is 9.59 Å². The molecule has 1 fully saturated rings. The van der Waals surface area contributed by atoms with Crippen molar-refractivity contribution in [2.75, 3.05) is 29.9 Å². The Bertz CT molecular complexity index is 1460. The van der Waals surface area contributed by atoms with Crippen molar-refractivity contribution < 1.29 is 14.3 Å². The largest absolute Gasteiger partial charge is 0.376 e. The molecule has 1 unspecified atom stereocenters. The van der Waals surface area contributed by atoms with Crippen molar-refractivity contribution in [1.82, 2.24) is 5.32 Å². The number of hydrogen-bond donors (Lipinski definition) is 2. The highest BCUT2D eigenvalue weighted by molar-refractivity contribution is 6.03. The molecule has 1 saturated heterocycles. The topological polar surface area (TPSA) is 70.7 Å². The minimum Gasteiger partial charge on any atom is -0.376 e. The summed E-state index contributed by atoms with van der Waals surface area (Å²) in [5.41, 5.74) is 6.46.